The van der Waals surface area contributed by atoms with Gasteiger partial charge in [-0.2, -0.15) is 0 Å². The Labute approximate surface area is 152 Å². The molecule has 1 N–H and O–H groups in total. The normalized spacial score (nSPS) is 14.2. The second kappa shape index (κ2) is 7.95. The molecule has 1 amide bonds. The van der Waals surface area contributed by atoms with Crippen LogP contribution in [0.25, 0.3) is 0 Å². The zero-order valence-corrected chi connectivity index (χ0v) is 15.0. The number of H-pyrrole nitrogens is 1. The molecule has 3 rings (SSSR count). The van der Waals surface area contributed by atoms with E-state index in [1.54, 1.807) is 18.9 Å². The second-order valence-corrected chi connectivity index (χ2v) is 6.17. The number of hydrogen-bond acceptors (Lipinski definition) is 5. The number of nitrogens with one attached hydrogen (secondary N) is 1. The zero-order valence-electron chi connectivity index (χ0n) is 15.0. The van der Waals surface area contributed by atoms with Gasteiger partial charge < -0.3 is 24.3 Å². The molecule has 0 aliphatic carbocycles. The van der Waals surface area contributed by atoms with Crippen molar-refractivity contribution in [3.05, 3.63) is 52.4 Å². The fourth-order valence-corrected chi connectivity index (χ4v) is 2.99. The Morgan fingerprint density at radius 3 is 2.58 bits per heavy atom. The van der Waals surface area contributed by atoms with Gasteiger partial charge in [-0.15, -0.1) is 0 Å². The molecule has 0 saturated carbocycles. The number of benzene rings is 1. The van der Waals surface area contributed by atoms with E-state index < -0.39 is 0 Å². The monoisotopic (exact) mass is 357 g/mol. The molecule has 0 bridgehead atoms. The highest BCUT2D eigenvalue weighted by molar-refractivity contribution is 5.78. The van der Waals surface area contributed by atoms with Gasteiger partial charge in [0, 0.05) is 44.1 Å². The summed E-state index contributed by atoms with van der Waals surface area (Å²) in [5.74, 6) is 0.871. The van der Waals surface area contributed by atoms with Gasteiger partial charge in [0.1, 0.15) is 5.75 Å². The smallest absolute Gasteiger partial charge is 0.260 e. The molecule has 1 saturated heterocycles. The molecule has 1 fully saturated rings. The average Bonchev–Trinajstić information content (AvgIpc) is 2.67. The van der Waals surface area contributed by atoms with E-state index in [0.29, 0.717) is 13.1 Å². The van der Waals surface area contributed by atoms with Crippen molar-refractivity contribution in [1.82, 2.24) is 9.88 Å². The van der Waals surface area contributed by atoms with E-state index in [1.165, 1.54) is 12.3 Å². The van der Waals surface area contributed by atoms with Crippen LogP contribution in [0.4, 0.5) is 5.69 Å². The van der Waals surface area contributed by atoms with Crippen LogP contribution in [-0.2, 0) is 4.79 Å². The Balaban J connectivity index is 1.54. The standard InChI is InChI=1S/C19H23N3O4/c1-14-11-16(23)18(12-20-14)26-13-19(24)22-9-7-21(8-10-22)15-5-3-4-6-17(15)25-2/h3-6,11-12H,7-10,13H2,1-2H3,(H,20,23). The third kappa shape index (κ3) is 3.99. The molecule has 138 valence electrons. The molecule has 0 radical (unpaired) electrons. The lowest BCUT2D eigenvalue weighted by atomic mass is 10.2. The minimum absolute atomic E-state index is 0.121. The zero-order chi connectivity index (χ0) is 18.5. The molecule has 26 heavy (non-hydrogen) atoms. The summed E-state index contributed by atoms with van der Waals surface area (Å²) in [6.45, 7) is 4.29. The fourth-order valence-electron chi connectivity index (χ4n) is 2.99. The number of aromatic amines is 1. The summed E-state index contributed by atoms with van der Waals surface area (Å²) >= 11 is 0. The first-order chi connectivity index (χ1) is 12.6. The van der Waals surface area contributed by atoms with Gasteiger partial charge >= 0.3 is 0 Å². The summed E-state index contributed by atoms with van der Waals surface area (Å²) in [5.41, 5.74) is 1.56. The summed E-state index contributed by atoms with van der Waals surface area (Å²) in [4.78, 5) is 31.0. The van der Waals surface area contributed by atoms with Crippen molar-refractivity contribution in [1.29, 1.82) is 0 Å². The number of ether oxygens (including phenoxy) is 2. The highest BCUT2D eigenvalue weighted by atomic mass is 16.5. The first-order valence-electron chi connectivity index (χ1n) is 8.56. The van der Waals surface area contributed by atoms with Crippen molar-refractivity contribution in [2.24, 2.45) is 0 Å². The Hall–Kier alpha value is -2.96. The predicted molar refractivity (Wildman–Crippen MR) is 99.1 cm³/mol. The third-order valence-corrected chi connectivity index (χ3v) is 4.43. The summed E-state index contributed by atoms with van der Waals surface area (Å²) < 4.78 is 10.8. The highest BCUT2D eigenvalue weighted by Crippen LogP contribution is 2.28. The molecule has 2 heterocycles. The first-order valence-corrected chi connectivity index (χ1v) is 8.56. The van der Waals surface area contributed by atoms with Gasteiger partial charge in [0.15, 0.2) is 12.4 Å². The lowest BCUT2D eigenvalue weighted by Gasteiger charge is -2.36. The molecule has 1 aliphatic rings. The van der Waals surface area contributed by atoms with E-state index in [-0.39, 0.29) is 23.7 Å². The van der Waals surface area contributed by atoms with Gasteiger partial charge in [-0.3, -0.25) is 9.59 Å². The molecule has 0 spiro atoms. The summed E-state index contributed by atoms with van der Waals surface area (Å²) in [6, 6.07) is 9.31. The number of hydrogen-bond donors (Lipinski definition) is 1. The third-order valence-electron chi connectivity index (χ3n) is 4.43. The maximum absolute atomic E-state index is 12.4. The van der Waals surface area contributed by atoms with Crippen LogP contribution in [0, 0.1) is 6.92 Å². The maximum atomic E-state index is 12.4. The number of amides is 1. The molecule has 1 aliphatic heterocycles. The highest BCUT2D eigenvalue weighted by Gasteiger charge is 2.23. The van der Waals surface area contributed by atoms with Gasteiger partial charge in [0.25, 0.3) is 5.91 Å². The van der Waals surface area contributed by atoms with Gasteiger partial charge in [-0.1, -0.05) is 12.1 Å². The van der Waals surface area contributed by atoms with E-state index in [9.17, 15) is 9.59 Å². The Kier molecular flexibility index (Phi) is 5.46. The number of carbonyl (C=O) groups excluding carboxylic acids is 1. The van der Waals surface area contributed by atoms with Crippen LogP contribution in [-0.4, -0.2) is 55.7 Å². The number of piperazine rings is 1. The van der Waals surface area contributed by atoms with Gasteiger partial charge in [-0.25, -0.2) is 0 Å². The minimum Gasteiger partial charge on any atom is -0.495 e. The van der Waals surface area contributed by atoms with Crippen LogP contribution >= 0.6 is 0 Å². The molecule has 2 aromatic rings. The summed E-state index contributed by atoms with van der Waals surface area (Å²) in [6.07, 6.45) is 1.49. The minimum atomic E-state index is -0.227. The van der Waals surface area contributed by atoms with Gasteiger partial charge in [-0.05, 0) is 19.1 Å². The van der Waals surface area contributed by atoms with Crippen LogP contribution in [0.5, 0.6) is 11.5 Å². The van der Waals surface area contributed by atoms with E-state index in [1.807, 2.05) is 24.3 Å². The number of aryl methyl sites for hydroxylation is 1. The van der Waals surface area contributed by atoms with Crippen molar-refractivity contribution < 1.29 is 14.3 Å². The molecule has 0 unspecified atom stereocenters. The predicted octanol–water partition coefficient (Wildman–Crippen LogP) is 1.42. The number of anilines is 1. The van der Waals surface area contributed by atoms with E-state index in [0.717, 1.165) is 30.2 Å². The summed E-state index contributed by atoms with van der Waals surface area (Å²) in [5, 5.41) is 0. The Morgan fingerprint density at radius 1 is 1.15 bits per heavy atom. The average molecular weight is 357 g/mol. The molecule has 0 atom stereocenters. The summed E-state index contributed by atoms with van der Waals surface area (Å²) in [7, 11) is 1.66. The first kappa shape index (κ1) is 17.8. The van der Waals surface area contributed by atoms with Crippen LogP contribution in [0.3, 0.4) is 0 Å². The number of nitrogens with zero attached hydrogens (tertiary/aromatic N) is 2. The lowest BCUT2D eigenvalue weighted by Crippen LogP contribution is -2.50. The van der Waals surface area contributed by atoms with Gasteiger partial charge in [0.2, 0.25) is 5.43 Å². The number of methoxy groups -OCH3 is 1. The molecular weight excluding hydrogens is 334 g/mol. The van der Waals surface area contributed by atoms with Crippen LogP contribution in [0.2, 0.25) is 0 Å². The number of rotatable bonds is 5. The van der Waals surface area contributed by atoms with Crippen LogP contribution in [0.15, 0.2) is 41.3 Å². The quantitative estimate of drug-likeness (QED) is 0.876. The van der Waals surface area contributed by atoms with Gasteiger partial charge in [0.05, 0.1) is 12.8 Å². The lowest BCUT2D eigenvalue weighted by molar-refractivity contribution is -0.133. The number of pyridine rings is 1. The van der Waals surface area contributed by atoms with E-state index in [4.69, 9.17) is 9.47 Å². The molecular formula is C19H23N3O4. The maximum Gasteiger partial charge on any atom is 0.260 e. The van der Waals surface area contributed by atoms with Crippen LogP contribution < -0.4 is 19.8 Å². The molecule has 7 nitrogen and oxygen atoms in total. The second-order valence-electron chi connectivity index (χ2n) is 6.17. The van der Waals surface area contributed by atoms with Crippen molar-refractivity contribution in [3.63, 3.8) is 0 Å². The Morgan fingerprint density at radius 2 is 1.88 bits per heavy atom. The topological polar surface area (TPSA) is 74.9 Å². The van der Waals surface area contributed by atoms with Crippen molar-refractivity contribution in [2.75, 3.05) is 44.8 Å². The van der Waals surface area contributed by atoms with E-state index in [2.05, 4.69) is 9.88 Å². The molecule has 7 heteroatoms. The largest absolute Gasteiger partial charge is 0.495 e. The number of aromatic nitrogens is 1. The van der Waals surface area contributed by atoms with Crippen molar-refractivity contribution in [2.45, 2.75) is 6.92 Å². The number of para-hydroxylation sites is 2. The van der Waals surface area contributed by atoms with Crippen molar-refractivity contribution in [3.8, 4) is 11.5 Å². The fraction of sp³-hybridized carbons (Fsp3) is 0.368. The van der Waals surface area contributed by atoms with E-state index >= 15 is 0 Å². The number of carbonyl (C=O) groups is 1. The molecule has 1 aromatic heterocycles. The van der Waals surface area contributed by atoms with Crippen molar-refractivity contribution >= 4 is 11.6 Å². The Bertz CT molecular complexity index is 826. The molecule has 1 aromatic carbocycles. The van der Waals surface area contributed by atoms with Crippen LogP contribution in [0.1, 0.15) is 5.69 Å². The SMILES string of the molecule is COc1ccccc1N1CCN(C(=O)COc2c[nH]c(C)cc2=O)CC1.